The molecule has 0 radical (unpaired) electrons. The second-order valence-corrected chi connectivity index (χ2v) is 7.10. The first kappa shape index (κ1) is 14.8. The number of hydrogen-bond acceptors (Lipinski definition) is 6. The summed E-state index contributed by atoms with van der Waals surface area (Å²) in [4.78, 5) is 19.0. The van der Waals surface area contributed by atoms with E-state index in [1.165, 1.54) is 0 Å². The van der Waals surface area contributed by atoms with E-state index >= 15 is 0 Å². The van der Waals surface area contributed by atoms with Gasteiger partial charge in [0.2, 0.25) is 11.8 Å². The Labute approximate surface area is 138 Å². The molecule has 0 aromatic carbocycles. The van der Waals surface area contributed by atoms with E-state index in [0.29, 0.717) is 31.3 Å². The third-order valence-corrected chi connectivity index (χ3v) is 5.59. The van der Waals surface area contributed by atoms with Gasteiger partial charge in [-0.15, -0.1) is 0 Å². The van der Waals surface area contributed by atoms with Gasteiger partial charge in [-0.3, -0.25) is 4.79 Å². The third kappa shape index (κ3) is 2.57. The lowest BCUT2D eigenvalue weighted by molar-refractivity contribution is -0.134. The Kier molecular flexibility index (Phi) is 3.69. The van der Waals surface area contributed by atoms with Gasteiger partial charge in [0.05, 0.1) is 17.9 Å². The molecule has 2 aliphatic heterocycles. The van der Waals surface area contributed by atoms with E-state index in [2.05, 4.69) is 10.1 Å². The molecule has 0 bridgehead atoms. The van der Waals surface area contributed by atoms with Gasteiger partial charge in [0.15, 0.2) is 5.82 Å². The predicted molar refractivity (Wildman–Crippen MR) is 84.3 cm³/mol. The van der Waals surface area contributed by atoms with Crippen molar-refractivity contribution < 1.29 is 14.1 Å². The molecule has 2 atom stereocenters. The van der Waals surface area contributed by atoms with Crippen molar-refractivity contribution in [3.05, 3.63) is 34.1 Å². The van der Waals surface area contributed by atoms with Gasteiger partial charge in [-0.25, -0.2) is 0 Å². The average Bonchev–Trinajstić information content (AvgIpc) is 3.26. The Morgan fingerprint density at radius 2 is 2.48 bits per heavy atom. The number of piperidine rings is 1. The summed E-state index contributed by atoms with van der Waals surface area (Å²) in [5.74, 6) is 1.40. The largest absolute Gasteiger partial charge is 0.377 e. The molecule has 0 N–H and O–H groups in total. The molecule has 1 amide bonds. The maximum Gasteiger partial charge on any atom is 0.237 e. The Hall–Kier alpha value is -1.73. The Bertz CT molecular complexity index is 699. The van der Waals surface area contributed by atoms with Crippen LogP contribution in [0.3, 0.4) is 0 Å². The summed E-state index contributed by atoms with van der Waals surface area (Å²) in [5.41, 5.74) is 0.733. The van der Waals surface area contributed by atoms with Crippen LogP contribution in [0.2, 0.25) is 0 Å². The SMILES string of the molecule is Cc1noc([C@]23CCO[C@H]2CCN(C(=O)Cc2ccsc2)C3)n1. The number of carbonyl (C=O) groups excluding carboxylic acids is 1. The maximum absolute atomic E-state index is 12.7. The van der Waals surface area contributed by atoms with Crippen LogP contribution in [0.4, 0.5) is 0 Å². The van der Waals surface area contributed by atoms with E-state index < -0.39 is 0 Å². The Morgan fingerprint density at radius 3 is 3.22 bits per heavy atom. The molecule has 4 heterocycles. The van der Waals surface area contributed by atoms with E-state index in [9.17, 15) is 4.79 Å². The van der Waals surface area contributed by atoms with Crippen molar-refractivity contribution in [1.82, 2.24) is 15.0 Å². The number of likely N-dealkylation sites (tertiary alicyclic amines) is 1. The Balaban J connectivity index is 1.57. The number of fused-ring (bicyclic) bond motifs is 1. The summed E-state index contributed by atoms with van der Waals surface area (Å²) in [5, 5.41) is 7.96. The minimum absolute atomic E-state index is 0.0625. The van der Waals surface area contributed by atoms with Crippen LogP contribution in [-0.2, 0) is 21.4 Å². The highest BCUT2D eigenvalue weighted by Crippen LogP contribution is 2.42. The highest BCUT2D eigenvalue weighted by molar-refractivity contribution is 7.07. The average molecular weight is 333 g/mol. The number of aromatic nitrogens is 2. The summed E-state index contributed by atoms with van der Waals surface area (Å²) < 4.78 is 11.4. The highest BCUT2D eigenvalue weighted by atomic mass is 32.1. The molecule has 0 aliphatic carbocycles. The fourth-order valence-corrected chi connectivity index (χ4v) is 4.31. The normalized spacial score (nSPS) is 27.2. The molecule has 0 saturated carbocycles. The topological polar surface area (TPSA) is 68.5 Å². The van der Waals surface area contributed by atoms with E-state index in [-0.39, 0.29) is 17.4 Å². The van der Waals surface area contributed by atoms with E-state index in [1.807, 2.05) is 28.7 Å². The first-order valence-electron chi connectivity index (χ1n) is 7.89. The van der Waals surface area contributed by atoms with Crippen molar-refractivity contribution in [3.8, 4) is 0 Å². The van der Waals surface area contributed by atoms with Gasteiger partial charge in [0.1, 0.15) is 0 Å². The van der Waals surface area contributed by atoms with E-state index in [1.54, 1.807) is 11.3 Å². The second kappa shape index (κ2) is 5.72. The van der Waals surface area contributed by atoms with Crippen molar-refractivity contribution >= 4 is 17.2 Å². The quantitative estimate of drug-likeness (QED) is 0.859. The minimum atomic E-state index is -0.343. The Morgan fingerprint density at radius 1 is 1.57 bits per heavy atom. The minimum Gasteiger partial charge on any atom is -0.377 e. The fraction of sp³-hybridized carbons (Fsp3) is 0.562. The van der Waals surface area contributed by atoms with Gasteiger partial charge in [0, 0.05) is 19.7 Å². The lowest BCUT2D eigenvalue weighted by Gasteiger charge is -2.41. The summed E-state index contributed by atoms with van der Waals surface area (Å²) in [6, 6.07) is 2.01. The molecule has 4 rings (SSSR count). The number of carbonyl (C=O) groups is 1. The van der Waals surface area contributed by atoms with Crippen LogP contribution >= 0.6 is 11.3 Å². The third-order valence-electron chi connectivity index (χ3n) is 4.86. The van der Waals surface area contributed by atoms with Gasteiger partial charge in [-0.05, 0) is 42.2 Å². The first-order chi connectivity index (χ1) is 11.2. The zero-order valence-corrected chi connectivity index (χ0v) is 13.8. The molecule has 23 heavy (non-hydrogen) atoms. The fourth-order valence-electron chi connectivity index (χ4n) is 3.64. The van der Waals surface area contributed by atoms with Crippen LogP contribution in [-0.4, -0.2) is 46.7 Å². The number of aryl methyl sites for hydroxylation is 1. The van der Waals surface area contributed by atoms with Crippen LogP contribution in [0, 0.1) is 6.92 Å². The summed E-state index contributed by atoms with van der Waals surface area (Å²) in [6.45, 7) is 3.82. The summed E-state index contributed by atoms with van der Waals surface area (Å²) in [7, 11) is 0. The lowest BCUT2D eigenvalue weighted by atomic mass is 9.76. The van der Waals surface area contributed by atoms with Crippen LogP contribution in [0.25, 0.3) is 0 Å². The van der Waals surface area contributed by atoms with E-state index in [0.717, 1.165) is 24.9 Å². The molecular formula is C16H19N3O3S. The number of thiophene rings is 1. The summed E-state index contributed by atoms with van der Waals surface area (Å²) >= 11 is 1.62. The van der Waals surface area contributed by atoms with Crippen LogP contribution in [0.5, 0.6) is 0 Å². The van der Waals surface area contributed by atoms with E-state index in [4.69, 9.17) is 9.26 Å². The standard InChI is InChI=1S/C16H19N3O3S/c1-11-17-15(22-18-11)16-4-6-21-13(16)2-5-19(10-16)14(20)8-12-3-7-23-9-12/h3,7,9,13H,2,4-6,8,10H2,1H3/t13-,16-/m0/s1. The van der Waals surface area contributed by atoms with Crippen molar-refractivity contribution in [3.63, 3.8) is 0 Å². The molecule has 0 unspecified atom stereocenters. The van der Waals surface area contributed by atoms with Crippen molar-refractivity contribution in [2.24, 2.45) is 0 Å². The maximum atomic E-state index is 12.7. The van der Waals surface area contributed by atoms with Crippen molar-refractivity contribution in [2.45, 2.75) is 37.7 Å². The van der Waals surface area contributed by atoms with Crippen LogP contribution < -0.4 is 0 Å². The summed E-state index contributed by atoms with van der Waals surface area (Å²) in [6.07, 6.45) is 2.15. The zero-order valence-electron chi connectivity index (χ0n) is 13.0. The van der Waals surface area contributed by atoms with Crippen molar-refractivity contribution in [1.29, 1.82) is 0 Å². The molecule has 2 saturated heterocycles. The first-order valence-corrected chi connectivity index (χ1v) is 8.83. The predicted octanol–water partition coefficient (Wildman–Crippen LogP) is 1.94. The molecule has 7 heteroatoms. The number of nitrogens with zero attached hydrogens (tertiary/aromatic N) is 3. The molecule has 2 fully saturated rings. The molecule has 0 spiro atoms. The van der Waals surface area contributed by atoms with Gasteiger partial charge in [0.25, 0.3) is 0 Å². The number of hydrogen-bond donors (Lipinski definition) is 0. The lowest BCUT2D eigenvalue weighted by Crippen LogP contribution is -2.54. The van der Waals surface area contributed by atoms with Crippen molar-refractivity contribution in [2.75, 3.05) is 19.7 Å². The van der Waals surface area contributed by atoms with Gasteiger partial charge < -0.3 is 14.2 Å². The van der Waals surface area contributed by atoms with Crippen LogP contribution in [0.15, 0.2) is 21.3 Å². The molecule has 2 aromatic heterocycles. The molecule has 2 aromatic rings. The zero-order chi connectivity index (χ0) is 15.9. The number of amides is 1. The number of ether oxygens (including phenoxy) is 1. The van der Waals surface area contributed by atoms with Crippen LogP contribution in [0.1, 0.15) is 30.1 Å². The van der Waals surface area contributed by atoms with Gasteiger partial charge in [-0.1, -0.05) is 5.16 Å². The molecule has 6 nitrogen and oxygen atoms in total. The number of rotatable bonds is 3. The van der Waals surface area contributed by atoms with Gasteiger partial charge in [-0.2, -0.15) is 16.3 Å². The second-order valence-electron chi connectivity index (χ2n) is 6.32. The molecule has 2 aliphatic rings. The monoisotopic (exact) mass is 333 g/mol. The smallest absolute Gasteiger partial charge is 0.237 e. The highest BCUT2D eigenvalue weighted by Gasteiger charge is 2.53. The molecular weight excluding hydrogens is 314 g/mol. The molecule has 122 valence electrons. The van der Waals surface area contributed by atoms with Gasteiger partial charge >= 0.3 is 0 Å².